The Morgan fingerprint density at radius 1 is 1.29 bits per heavy atom. The van der Waals surface area contributed by atoms with Gasteiger partial charge in [0, 0.05) is 20.2 Å². The maximum Gasteiger partial charge on any atom is 0.307 e. The molecule has 0 saturated heterocycles. The van der Waals surface area contributed by atoms with Gasteiger partial charge >= 0.3 is 5.97 Å². The predicted molar refractivity (Wildman–Crippen MR) is 75.8 cm³/mol. The lowest BCUT2D eigenvalue weighted by Gasteiger charge is -2.22. The van der Waals surface area contributed by atoms with Gasteiger partial charge in [-0.1, -0.05) is 17.7 Å². The minimum absolute atomic E-state index is 0.0406. The molecule has 21 heavy (non-hydrogen) atoms. The fourth-order valence-electron chi connectivity index (χ4n) is 1.68. The number of amides is 1. The molecule has 1 aromatic rings. The van der Waals surface area contributed by atoms with Crippen molar-refractivity contribution < 1.29 is 23.5 Å². The van der Waals surface area contributed by atoms with Crippen molar-refractivity contribution in [3.05, 3.63) is 34.6 Å². The average Bonchev–Trinajstić information content (AvgIpc) is 2.49. The van der Waals surface area contributed by atoms with Crippen LogP contribution in [-0.2, 0) is 14.3 Å². The number of halogens is 2. The summed E-state index contributed by atoms with van der Waals surface area (Å²) in [7, 11) is 2.77. The van der Waals surface area contributed by atoms with Gasteiger partial charge in [-0.2, -0.15) is 0 Å². The van der Waals surface area contributed by atoms with Crippen molar-refractivity contribution in [2.45, 2.75) is 6.42 Å². The second-order valence-electron chi connectivity index (χ2n) is 4.21. The highest BCUT2D eigenvalue weighted by molar-refractivity contribution is 6.34. The van der Waals surface area contributed by atoms with E-state index in [4.69, 9.17) is 16.3 Å². The summed E-state index contributed by atoms with van der Waals surface area (Å²) < 4.78 is 22.9. The molecule has 0 aliphatic rings. The molecular formula is C14H17ClFNO4. The molecule has 0 unspecified atom stereocenters. The molecule has 0 aliphatic heterocycles. The lowest BCUT2D eigenvalue weighted by Crippen LogP contribution is -2.36. The van der Waals surface area contributed by atoms with Crippen LogP contribution in [0.2, 0.25) is 5.02 Å². The van der Waals surface area contributed by atoms with E-state index in [9.17, 15) is 14.0 Å². The average molecular weight is 318 g/mol. The SMILES string of the molecule is COCCN(CCC(=O)OC)C(=O)c1cccc(F)c1Cl. The van der Waals surface area contributed by atoms with E-state index in [1.807, 2.05) is 0 Å². The molecule has 0 heterocycles. The highest BCUT2D eigenvalue weighted by Crippen LogP contribution is 2.21. The van der Waals surface area contributed by atoms with E-state index in [0.29, 0.717) is 6.61 Å². The first-order chi connectivity index (χ1) is 10.0. The molecule has 1 rings (SSSR count). The fraction of sp³-hybridized carbons (Fsp3) is 0.429. The monoisotopic (exact) mass is 317 g/mol. The molecule has 7 heteroatoms. The molecule has 0 radical (unpaired) electrons. The number of methoxy groups -OCH3 is 2. The number of carbonyl (C=O) groups excluding carboxylic acids is 2. The minimum atomic E-state index is -0.665. The van der Waals surface area contributed by atoms with Crippen LogP contribution < -0.4 is 0 Å². The molecule has 1 aromatic carbocycles. The first kappa shape index (κ1) is 17.4. The van der Waals surface area contributed by atoms with Gasteiger partial charge in [0.25, 0.3) is 5.91 Å². The number of hydrogen-bond acceptors (Lipinski definition) is 4. The number of rotatable bonds is 7. The van der Waals surface area contributed by atoms with Crippen molar-refractivity contribution in [2.75, 3.05) is 33.9 Å². The molecule has 0 bridgehead atoms. The van der Waals surface area contributed by atoms with E-state index < -0.39 is 17.7 Å². The van der Waals surface area contributed by atoms with Gasteiger partial charge in [0.1, 0.15) is 5.82 Å². The van der Waals surface area contributed by atoms with Crippen molar-refractivity contribution in [3.63, 3.8) is 0 Å². The Morgan fingerprint density at radius 3 is 2.62 bits per heavy atom. The van der Waals surface area contributed by atoms with Crippen molar-refractivity contribution in [1.29, 1.82) is 0 Å². The lowest BCUT2D eigenvalue weighted by molar-refractivity contribution is -0.140. The molecule has 0 atom stereocenters. The molecule has 5 nitrogen and oxygen atoms in total. The Balaban J connectivity index is 2.88. The Kier molecular flexibility index (Phi) is 7.11. The Morgan fingerprint density at radius 2 is 2.00 bits per heavy atom. The largest absolute Gasteiger partial charge is 0.469 e. The van der Waals surface area contributed by atoms with Gasteiger partial charge in [0.2, 0.25) is 0 Å². The second kappa shape index (κ2) is 8.59. The fourth-order valence-corrected chi connectivity index (χ4v) is 1.89. The van der Waals surface area contributed by atoms with Crippen LogP contribution in [0.15, 0.2) is 18.2 Å². The highest BCUT2D eigenvalue weighted by Gasteiger charge is 2.20. The Labute approximate surface area is 127 Å². The Bertz CT molecular complexity index is 510. The van der Waals surface area contributed by atoms with Crippen LogP contribution in [0.25, 0.3) is 0 Å². The summed E-state index contributed by atoms with van der Waals surface area (Å²) in [6, 6.07) is 4.02. The molecule has 1 amide bonds. The summed E-state index contributed by atoms with van der Waals surface area (Å²) in [4.78, 5) is 25.0. The third kappa shape index (κ3) is 4.99. The number of ether oxygens (including phenoxy) is 2. The van der Waals surface area contributed by atoms with Gasteiger partial charge in [-0.15, -0.1) is 0 Å². The third-order valence-electron chi connectivity index (χ3n) is 2.85. The zero-order chi connectivity index (χ0) is 15.8. The normalized spacial score (nSPS) is 10.3. The van der Waals surface area contributed by atoms with Crippen molar-refractivity contribution in [2.24, 2.45) is 0 Å². The zero-order valence-electron chi connectivity index (χ0n) is 11.9. The topological polar surface area (TPSA) is 55.8 Å². The number of hydrogen-bond donors (Lipinski definition) is 0. The lowest BCUT2D eigenvalue weighted by atomic mass is 10.2. The summed E-state index contributed by atoms with van der Waals surface area (Å²) >= 11 is 5.81. The van der Waals surface area contributed by atoms with Gasteiger partial charge in [0.05, 0.1) is 30.7 Å². The van der Waals surface area contributed by atoms with Gasteiger partial charge < -0.3 is 14.4 Å². The predicted octanol–water partition coefficient (Wildman–Crippen LogP) is 2.13. The maximum absolute atomic E-state index is 13.4. The van der Waals surface area contributed by atoms with Crippen LogP contribution in [-0.4, -0.2) is 50.7 Å². The number of benzene rings is 1. The molecule has 0 aromatic heterocycles. The van der Waals surface area contributed by atoms with Crippen LogP contribution in [0.3, 0.4) is 0 Å². The van der Waals surface area contributed by atoms with Crippen LogP contribution >= 0.6 is 11.6 Å². The summed E-state index contributed by atoms with van der Waals surface area (Å²) in [6.07, 6.45) is 0.0406. The summed E-state index contributed by atoms with van der Waals surface area (Å²) in [5.74, 6) is -1.56. The molecular weight excluding hydrogens is 301 g/mol. The summed E-state index contributed by atoms with van der Waals surface area (Å²) in [6.45, 7) is 0.695. The number of esters is 1. The molecule has 0 saturated carbocycles. The quantitative estimate of drug-likeness (QED) is 0.723. The smallest absolute Gasteiger partial charge is 0.307 e. The number of nitrogens with zero attached hydrogens (tertiary/aromatic N) is 1. The van der Waals surface area contributed by atoms with Crippen LogP contribution in [0.5, 0.6) is 0 Å². The van der Waals surface area contributed by atoms with Crippen molar-refractivity contribution in [3.8, 4) is 0 Å². The van der Waals surface area contributed by atoms with Crippen molar-refractivity contribution >= 4 is 23.5 Å². The molecule has 0 N–H and O–H groups in total. The number of carbonyl (C=O) groups is 2. The van der Waals surface area contributed by atoms with Gasteiger partial charge in [-0.05, 0) is 12.1 Å². The first-order valence-electron chi connectivity index (χ1n) is 6.30. The van der Waals surface area contributed by atoms with Crippen molar-refractivity contribution in [1.82, 2.24) is 4.90 Å². The van der Waals surface area contributed by atoms with Crippen LogP contribution in [0, 0.1) is 5.82 Å². The highest BCUT2D eigenvalue weighted by atomic mass is 35.5. The van der Waals surface area contributed by atoms with Crippen LogP contribution in [0.1, 0.15) is 16.8 Å². The summed E-state index contributed by atoms with van der Waals surface area (Å²) in [5.41, 5.74) is 0.0534. The van der Waals surface area contributed by atoms with E-state index in [0.717, 1.165) is 0 Å². The van der Waals surface area contributed by atoms with E-state index >= 15 is 0 Å². The minimum Gasteiger partial charge on any atom is -0.469 e. The molecule has 116 valence electrons. The second-order valence-corrected chi connectivity index (χ2v) is 4.59. The molecule has 0 aliphatic carbocycles. The van der Waals surface area contributed by atoms with Crippen LogP contribution in [0.4, 0.5) is 4.39 Å². The maximum atomic E-state index is 13.4. The van der Waals surface area contributed by atoms with E-state index in [2.05, 4.69) is 4.74 Å². The van der Waals surface area contributed by atoms with E-state index in [1.54, 1.807) is 0 Å². The van der Waals surface area contributed by atoms with E-state index in [1.165, 1.54) is 37.3 Å². The van der Waals surface area contributed by atoms with Gasteiger partial charge in [-0.25, -0.2) is 4.39 Å². The standard InChI is InChI=1S/C14H17ClFNO4/c1-20-9-8-17(7-6-12(18)21-2)14(19)10-4-3-5-11(16)13(10)15/h3-5H,6-9H2,1-2H3. The zero-order valence-corrected chi connectivity index (χ0v) is 12.7. The first-order valence-corrected chi connectivity index (χ1v) is 6.68. The van der Waals surface area contributed by atoms with E-state index in [-0.39, 0.29) is 30.1 Å². The molecule has 0 fully saturated rings. The van der Waals surface area contributed by atoms with Gasteiger partial charge in [0.15, 0.2) is 0 Å². The third-order valence-corrected chi connectivity index (χ3v) is 3.23. The Hall–Kier alpha value is -1.66. The summed E-state index contributed by atoms with van der Waals surface area (Å²) in [5, 5.41) is -0.233. The van der Waals surface area contributed by atoms with Gasteiger partial charge in [-0.3, -0.25) is 9.59 Å². The molecule has 0 spiro atoms.